The molecule has 0 radical (unpaired) electrons. The average Bonchev–Trinajstić information content (AvgIpc) is 3.49. The molecule has 4 aliphatic rings. The highest BCUT2D eigenvalue weighted by Crippen LogP contribution is 2.42. The number of anilines is 2. The first-order valence-electron chi connectivity index (χ1n) is 15.5. The number of carbonyl (C=O) groups is 1. The van der Waals surface area contributed by atoms with Crippen LogP contribution < -0.4 is 15.1 Å². The Labute approximate surface area is 265 Å². The lowest BCUT2D eigenvalue weighted by atomic mass is 10.1. The maximum atomic E-state index is 14.5. The first kappa shape index (κ1) is 32.4. The predicted molar refractivity (Wildman–Crippen MR) is 161 cm³/mol. The molecular formula is C30H38F3N7O5S. The predicted octanol–water partition coefficient (Wildman–Crippen LogP) is 3.47. The average molecular weight is 666 g/mol. The zero-order valence-electron chi connectivity index (χ0n) is 25.8. The minimum Gasteiger partial charge on any atom is -0.425 e. The number of halogens is 3. The number of ether oxygens (including phenoxy) is 2. The molecule has 1 aromatic heterocycles. The Morgan fingerprint density at radius 2 is 1.85 bits per heavy atom. The number of likely N-dealkylation sites (N-methyl/N-ethyl adjacent to an activating group) is 1. The van der Waals surface area contributed by atoms with Crippen molar-refractivity contribution in [3.8, 4) is 6.07 Å². The molecule has 16 heteroatoms. The van der Waals surface area contributed by atoms with Crippen LogP contribution in [0.1, 0.15) is 49.4 Å². The van der Waals surface area contributed by atoms with Crippen molar-refractivity contribution in [3.63, 3.8) is 0 Å². The van der Waals surface area contributed by atoms with Crippen molar-refractivity contribution < 1.29 is 35.9 Å². The molecule has 46 heavy (non-hydrogen) atoms. The van der Waals surface area contributed by atoms with Gasteiger partial charge in [-0.1, -0.05) is 0 Å². The highest BCUT2D eigenvalue weighted by Gasteiger charge is 2.49. The molecule has 12 nitrogen and oxygen atoms in total. The molecule has 3 aliphatic heterocycles. The van der Waals surface area contributed by atoms with Crippen LogP contribution in [0.4, 0.5) is 29.5 Å². The Hall–Kier alpha value is -3.55. The first-order valence-corrected chi connectivity index (χ1v) is 17.0. The number of hydrogen-bond acceptors (Lipinski definition) is 10. The molecule has 0 spiro atoms. The number of carbonyl (C=O) groups excluding carboxylic acids is 1. The maximum Gasteiger partial charge on any atom is 0.417 e. The number of amides is 1. The maximum absolute atomic E-state index is 14.5. The summed E-state index contributed by atoms with van der Waals surface area (Å²) < 4.78 is 84.8. The third-order valence-electron chi connectivity index (χ3n) is 9.31. The molecule has 3 saturated heterocycles. The number of nitriles is 1. The van der Waals surface area contributed by atoms with Gasteiger partial charge in [0.05, 0.1) is 33.5 Å². The van der Waals surface area contributed by atoms with E-state index in [-0.39, 0.29) is 19.0 Å². The quantitative estimate of drug-likeness (QED) is 0.469. The molecule has 1 aromatic carbocycles. The van der Waals surface area contributed by atoms with Crippen LogP contribution in [0.25, 0.3) is 0 Å². The topological polar surface area (TPSA) is 133 Å². The Bertz CT molecular complexity index is 1610. The number of nitrogens with zero attached hydrogens (tertiary/aromatic N) is 6. The lowest BCUT2D eigenvalue weighted by Crippen LogP contribution is -2.44. The normalized spacial score (nSPS) is 24.1. The summed E-state index contributed by atoms with van der Waals surface area (Å²) in [6, 6.07) is 7.15. The van der Waals surface area contributed by atoms with Crippen LogP contribution in [0.3, 0.4) is 0 Å². The van der Waals surface area contributed by atoms with Gasteiger partial charge in [-0.3, -0.25) is 0 Å². The van der Waals surface area contributed by atoms with E-state index >= 15 is 0 Å². The monoisotopic (exact) mass is 665 g/mol. The van der Waals surface area contributed by atoms with Gasteiger partial charge in [-0.15, -0.1) is 0 Å². The summed E-state index contributed by atoms with van der Waals surface area (Å²) in [6.45, 7) is 4.98. The van der Waals surface area contributed by atoms with E-state index in [2.05, 4.69) is 21.4 Å². The van der Waals surface area contributed by atoms with Crippen LogP contribution >= 0.6 is 0 Å². The van der Waals surface area contributed by atoms with Gasteiger partial charge in [-0.05, 0) is 57.9 Å². The fourth-order valence-corrected chi connectivity index (χ4v) is 8.30. The molecular weight excluding hydrogens is 627 g/mol. The third kappa shape index (κ3) is 6.50. The Kier molecular flexibility index (Phi) is 8.62. The lowest BCUT2D eigenvalue weighted by molar-refractivity contribution is -0.139. The molecule has 2 atom stereocenters. The van der Waals surface area contributed by atoms with Gasteiger partial charge in [0.15, 0.2) is 16.1 Å². The Balaban J connectivity index is 1.33. The van der Waals surface area contributed by atoms with Crippen molar-refractivity contribution in [1.29, 1.82) is 5.26 Å². The number of alkyl halides is 3. The fourth-order valence-electron chi connectivity index (χ4n) is 6.42. The van der Waals surface area contributed by atoms with Gasteiger partial charge < -0.3 is 29.5 Å². The van der Waals surface area contributed by atoms with Crippen LogP contribution in [0, 0.1) is 18.3 Å². The summed E-state index contributed by atoms with van der Waals surface area (Å²) in [7, 11) is -2.64. The molecule has 1 amide bonds. The number of alkyl carbamates (subject to hydrolysis) is 1. The molecule has 1 saturated carbocycles. The van der Waals surface area contributed by atoms with E-state index in [1.54, 1.807) is 22.6 Å². The van der Waals surface area contributed by atoms with Gasteiger partial charge in [-0.25, -0.2) is 17.9 Å². The van der Waals surface area contributed by atoms with Crippen molar-refractivity contribution in [2.24, 2.45) is 0 Å². The summed E-state index contributed by atoms with van der Waals surface area (Å²) in [6.07, 6.45) is -4.98. The largest absolute Gasteiger partial charge is 0.425 e. The van der Waals surface area contributed by atoms with E-state index in [1.807, 2.05) is 11.9 Å². The molecule has 0 bridgehead atoms. The van der Waals surface area contributed by atoms with Gasteiger partial charge in [0.25, 0.3) is 0 Å². The number of aryl methyl sites for hydroxylation is 1. The summed E-state index contributed by atoms with van der Waals surface area (Å²) in [4.78, 5) is 17.6. The number of piperazine rings is 1. The minimum atomic E-state index is -4.92. The lowest BCUT2D eigenvalue weighted by Gasteiger charge is -2.34. The van der Waals surface area contributed by atoms with Gasteiger partial charge >= 0.3 is 12.3 Å². The number of hydrogen-bond donors (Lipinski definition) is 1. The van der Waals surface area contributed by atoms with E-state index in [0.29, 0.717) is 82.3 Å². The second kappa shape index (κ2) is 12.2. The summed E-state index contributed by atoms with van der Waals surface area (Å²) in [5.74, 6) is 0.503. The SMILES string of the molecule is Cc1cc(N2C[C@H](S(=O)(=O)c3ccc(N4CCN(C)CC4)cc3C(F)(F)F)C[C@@H]2OC(=O)NC2(C#N)CC2)n(C2CCOCC2)n1. The number of nitrogens with one attached hydrogen (secondary N) is 1. The van der Waals surface area contributed by atoms with Gasteiger partial charge in [0, 0.05) is 64.1 Å². The van der Waals surface area contributed by atoms with Gasteiger partial charge in [-0.2, -0.15) is 23.5 Å². The summed E-state index contributed by atoms with van der Waals surface area (Å²) >= 11 is 0. The number of benzene rings is 1. The minimum absolute atomic E-state index is 0.0603. The molecule has 250 valence electrons. The molecule has 6 rings (SSSR count). The van der Waals surface area contributed by atoms with Crippen molar-refractivity contribution in [3.05, 3.63) is 35.5 Å². The number of aromatic nitrogens is 2. The molecule has 0 unspecified atom stereocenters. The fraction of sp³-hybridized carbons (Fsp3) is 0.633. The van der Waals surface area contributed by atoms with Crippen molar-refractivity contribution in [1.82, 2.24) is 20.0 Å². The van der Waals surface area contributed by atoms with E-state index in [9.17, 15) is 31.6 Å². The molecule has 2 aromatic rings. The smallest absolute Gasteiger partial charge is 0.417 e. The third-order valence-corrected chi connectivity index (χ3v) is 11.5. The van der Waals surface area contributed by atoms with Crippen molar-refractivity contribution in [2.75, 3.05) is 62.8 Å². The number of rotatable bonds is 7. The molecule has 4 fully saturated rings. The zero-order chi connectivity index (χ0) is 32.9. The molecule has 4 heterocycles. The second-order valence-electron chi connectivity index (χ2n) is 12.6. The summed E-state index contributed by atoms with van der Waals surface area (Å²) in [5, 5.41) is 15.3. The van der Waals surface area contributed by atoms with E-state index in [0.717, 1.165) is 12.1 Å². The van der Waals surface area contributed by atoms with Gasteiger partial charge in [0.1, 0.15) is 11.4 Å². The van der Waals surface area contributed by atoms with Crippen molar-refractivity contribution in [2.45, 2.75) is 73.2 Å². The highest BCUT2D eigenvalue weighted by atomic mass is 32.2. The van der Waals surface area contributed by atoms with Crippen LogP contribution in [0.5, 0.6) is 0 Å². The molecule has 1 N–H and O–H groups in total. The van der Waals surface area contributed by atoms with Crippen LogP contribution in [0.15, 0.2) is 29.2 Å². The highest BCUT2D eigenvalue weighted by molar-refractivity contribution is 7.92. The van der Waals surface area contributed by atoms with E-state index in [1.165, 1.54) is 6.07 Å². The van der Waals surface area contributed by atoms with Crippen LogP contribution in [-0.4, -0.2) is 99.2 Å². The molecule has 1 aliphatic carbocycles. The van der Waals surface area contributed by atoms with Gasteiger partial charge in [0.2, 0.25) is 0 Å². The van der Waals surface area contributed by atoms with Crippen LogP contribution in [0.2, 0.25) is 0 Å². The standard InChI is InChI=1S/C30H38F3N7O5S/c1-20-15-26(40(36-20)21-5-13-44-14-6-21)39-18-23(17-27(39)45-28(41)35-29(19-34)7-8-29)46(42,43)25-4-3-22(16-24(25)30(31,32)33)38-11-9-37(2)10-12-38/h3-4,15-16,21,23,27H,5-14,17-18H2,1-2H3,(H,35,41)/t23-,27+/m1/s1. The summed E-state index contributed by atoms with van der Waals surface area (Å²) in [5.41, 5.74) is -1.28. The Morgan fingerprint density at radius 3 is 2.48 bits per heavy atom. The number of sulfone groups is 1. The Morgan fingerprint density at radius 1 is 1.15 bits per heavy atom. The van der Waals surface area contributed by atoms with Crippen LogP contribution in [-0.2, 0) is 25.5 Å². The zero-order valence-corrected chi connectivity index (χ0v) is 26.6. The van der Waals surface area contributed by atoms with Crippen molar-refractivity contribution >= 4 is 27.4 Å². The second-order valence-corrected chi connectivity index (χ2v) is 14.8. The van der Waals surface area contributed by atoms with E-state index < -0.39 is 49.6 Å². The van der Waals surface area contributed by atoms with E-state index in [4.69, 9.17) is 9.47 Å². The first-order chi connectivity index (χ1) is 21.8.